The minimum absolute atomic E-state index is 0.107. The molecule has 1 atom stereocenters. The van der Waals surface area contributed by atoms with Crippen LogP contribution < -0.4 is 0 Å². The van der Waals surface area contributed by atoms with Gasteiger partial charge in [-0.1, -0.05) is 283 Å². The van der Waals surface area contributed by atoms with E-state index in [0.717, 1.165) is 116 Å². The summed E-state index contributed by atoms with van der Waals surface area (Å²) in [7, 11) is 0. The summed E-state index contributed by atoms with van der Waals surface area (Å²) in [4.78, 5) is 38.4. The summed E-state index contributed by atoms with van der Waals surface area (Å²) in [6, 6.07) is 0. The minimum Gasteiger partial charge on any atom is -0.462 e. The van der Waals surface area contributed by atoms with Crippen molar-refractivity contribution in [1.82, 2.24) is 0 Å². The zero-order valence-electron chi connectivity index (χ0n) is 52.8. The zero-order valence-corrected chi connectivity index (χ0v) is 52.8. The van der Waals surface area contributed by atoms with Crippen LogP contribution in [0.2, 0.25) is 0 Å². The second-order valence-electron chi connectivity index (χ2n) is 22.0. The lowest BCUT2D eigenvalue weighted by molar-refractivity contribution is -0.167. The van der Waals surface area contributed by atoms with Crippen LogP contribution in [-0.4, -0.2) is 37.2 Å². The Labute approximate surface area is 500 Å². The van der Waals surface area contributed by atoms with Gasteiger partial charge in [-0.3, -0.25) is 14.4 Å². The van der Waals surface area contributed by atoms with Gasteiger partial charge in [0, 0.05) is 19.3 Å². The third-order valence-electron chi connectivity index (χ3n) is 14.1. The highest BCUT2D eigenvalue weighted by Gasteiger charge is 2.19. The van der Waals surface area contributed by atoms with Crippen LogP contribution in [-0.2, 0) is 28.6 Å². The Hall–Kier alpha value is -4.45. The SMILES string of the molecule is CC/C=C\C/C=C\C/C=C\C/C=C\C/C=C\C/C=C\C/C=C\CCCC(=O)OCC(COC(=O)CCCCCCCC/C=C\C/C=C\C/C=C\CCCCC)OC(=O)CCCCCCCCCCC/C=C\CCCCCCCCCC. The summed E-state index contributed by atoms with van der Waals surface area (Å²) in [6.45, 7) is 6.46. The molecular weight excluding hydrogens is 997 g/mol. The van der Waals surface area contributed by atoms with Crippen LogP contribution in [0.25, 0.3) is 0 Å². The van der Waals surface area contributed by atoms with Crippen LogP contribution in [0.4, 0.5) is 0 Å². The van der Waals surface area contributed by atoms with E-state index in [4.69, 9.17) is 14.2 Å². The molecule has 1 unspecified atom stereocenters. The van der Waals surface area contributed by atoms with E-state index in [-0.39, 0.29) is 37.5 Å². The standard InChI is InChI=1S/C75H124O6/c1-4-7-10-13-16-19-22-25-28-31-34-36-37-39-41-44-47-50-53-56-59-62-65-68-74(77)80-71-72(70-79-73(76)67-64-61-58-55-52-49-46-43-40-33-30-27-24-21-18-15-12-9-6-3)81-75(78)69-66-63-60-57-54-51-48-45-42-38-35-32-29-26-23-20-17-14-11-8-5-2/h7,10,16,18-19,21,25,27-28,30,32,34-36,39-41,43,47,50,56,59,72H,4-6,8-9,11-15,17,20,22-24,26,29,31,33,37-38,42,44-46,48-49,51-55,57-58,60-71H2,1-3H3/b10-7-,19-16-,21-18-,28-25-,30-27-,35-32-,36-34-,41-39-,43-40-,50-47-,59-56-. The van der Waals surface area contributed by atoms with Crippen LogP contribution >= 0.6 is 0 Å². The van der Waals surface area contributed by atoms with Crippen molar-refractivity contribution in [3.63, 3.8) is 0 Å². The predicted molar refractivity (Wildman–Crippen MR) is 353 cm³/mol. The van der Waals surface area contributed by atoms with Crippen LogP contribution in [0.5, 0.6) is 0 Å². The highest BCUT2D eigenvalue weighted by Crippen LogP contribution is 2.15. The molecule has 0 amide bonds. The first-order chi connectivity index (χ1) is 40.0. The summed E-state index contributed by atoms with van der Waals surface area (Å²) in [5.41, 5.74) is 0. The Bertz CT molecular complexity index is 1720. The van der Waals surface area contributed by atoms with Crippen LogP contribution in [0.15, 0.2) is 134 Å². The van der Waals surface area contributed by atoms with Crippen molar-refractivity contribution in [2.45, 2.75) is 309 Å². The van der Waals surface area contributed by atoms with Gasteiger partial charge in [0.15, 0.2) is 6.10 Å². The predicted octanol–water partition coefficient (Wildman–Crippen LogP) is 23.3. The van der Waals surface area contributed by atoms with Crippen molar-refractivity contribution in [2.75, 3.05) is 13.2 Å². The number of rotatable bonds is 60. The zero-order chi connectivity index (χ0) is 58.5. The van der Waals surface area contributed by atoms with Gasteiger partial charge >= 0.3 is 17.9 Å². The van der Waals surface area contributed by atoms with Crippen LogP contribution in [0.1, 0.15) is 303 Å². The number of unbranched alkanes of at least 4 members (excludes halogenated alkanes) is 27. The van der Waals surface area contributed by atoms with E-state index >= 15 is 0 Å². The van der Waals surface area contributed by atoms with Crippen molar-refractivity contribution < 1.29 is 28.6 Å². The lowest BCUT2D eigenvalue weighted by Crippen LogP contribution is -2.30. The van der Waals surface area contributed by atoms with Crippen molar-refractivity contribution in [1.29, 1.82) is 0 Å². The third-order valence-corrected chi connectivity index (χ3v) is 14.1. The first-order valence-electron chi connectivity index (χ1n) is 33.7. The average Bonchev–Trinajstić information content (AvgIpc) is 3.47. The largest absolute Gasteiger partial charge is 0.462 e. The smallest absolute Gasteiger partial charge is 0.306 e. The number of carbonyl (C=O) groups excluding carboxylic acids is 3. The van der Waals surface area contributed by atoms with Gasteiger partial charge in [-0.15, -0.1) is 0 Å². The normalized spacial score (nSPS) is 13.0. The number of allylic oxidation sites excluding steroid dienone is 22. The molecular formula is C75H124O6. The third kappa shape index (κ3) is 66.2. The van der Waals surface area contributed by atoms with E-state index in [1.165, 1.54) is 141 Å². The quantitative estimate of drug-likeness (QED) is 0.0261. The van der Waals surface area contributed by atoms with Crippen molar-refractivity contribution in [3.05, 3.63) is 134 Å². The fourth-order valence-electron chi connectivity index (χ4n) is 9.08. The molecule has 0 aromatic heterocycles. The minimum atomic E-state index is -0.815. The van der Waals surface area contributed by atoms with Gasteiger partial charge < -0.3 is 14.2 Å². The molecule has 0 fully saturated rings. The lowest BCUT2D eigenvalue weighted by Gasteiger charge is -2.18. The van der Waals surface area contributed by atoms with E-state index < -0.39 is 6.10 Å². The van der Waals surface area contributed by atoms with Gasteiger partial charge in [-0.2, -0.15) is 0 Å². The molecule has 0 aromatic rings. The maximum absolute atomic E-state index is 12.9. The number of hydrogen-bond donors (Lipinski definition) is 0. The number of ether oxygens (including phenoxy) is 3. The molecule has 0 saturated heterocycles. The van der Waals surface area contributed by atoms with Crippen molar-refractivity contribution in [2.24, 2.45) is 0 Å². The monoisotopic (exact) mass is 1120 g/mol. The summed E-state index contributed by atoms with van der Waals surface area (Å²) >= 11 is 0. The maximum atomic E-state index is 12.9. The summed E-state index contributed by atoms with van der Waals surface area (Å²) in [5.74, 6) is -0.977. The Morgan fingerprint density at radius 2 is 0.494 bits per heavy atom. The van der Waals surface area contributed by atoms with E-state index in [0.29, 0.717) is 19.3 Å². The summed E-state index contributed by atoms with van der Waals surface area (Å²) in [6.07, 6.45) is 96.0. The van der Waals surface area contributed by atoms with Gasteiger partial charge in [0.2, 0.25) is 0 Å². The Balaban J connectivity index is 4.52. The Morgan fingerprint density at radius 1 is 0.259 bits per heavy atom. The van der Waals surface area contributed by atoms with Crippen molar-refractivity contribution >= 4 is 17.9 Å². The molecule has 6 heteroatoms. The van der Waals surface area contributed by atoms with Crippen LogP contribution in [0, 0.1) is 0 Å². The molecule has 6 nitrogen and oxygen atoms in total. The molecule has 0 rings (SSSR count). The van der Waals surface area contributed by atoms with Gasteiger partial charge in [-0.05, 0) is 135 Å². The highest BCUT2D eigenvalue weighted by molar-refractivity contribution is 5.71. The molecule has 0 spiro atoms. The molecule has 0 aliphatic carbocycles. The van der Waals surface area contributed by atoms with E-state index in [9.17, 15) is 14.4 Å². The average molecular weight is 1120 g/mol. The lowest BCUT2D eigenvalue weighted by atomic mass is 10.1. The summed E-state index contributed by atoms with van der Waals surface area (Å²) < 4.78 is 16.9. The maximum Gasteiger partial charge on any atom is 0.306 e. The second kappa shape index (κ2) is 68.1. The van der Waals surface area contributed by atoms with E-state index in [2.05, 4.69) is 154 Å². The first kappa shape index (κ1) is 76.5. The van der Waals surface area contributed by atoms with Gasteiger partial charge in [0.25, 0.3) is 0 Å². The van der Waals surface area contributed by atoms with Crippen LogP contribution in [0.3, 0.4) is 0 Å². The van der Waals surface area contributed by atoms with Gasteiger partial charge in [0.1, 0.15) is 13.2 Å². The van der Waals surface area contributed by atoms with E-state index in [1.54, 1.807) is 0 Å². The molecule has 0 N–H and O–H groups in total. The topological polar surface area (TPSA) is 78.9 Å². The molecule has 0 radical (unpaired) electrons. The first-order valence-corrected chi connectivity index (χ1v) is 33.7. The Kier molecular flexibility index (Phi) is 64.3. The second-order valence-corrected chi connectivity index (χ2v) is 22.0. The molecule has 81 heavy (non-hydrogen) atoms. The molecule has 0 aromatic carbocycles. The fraction of sp³-hybridized carbons (Fsp3) is 0.667. The fourth-order valence-corrected chi connectivity index (χ4v) is 9.08. The summed E-state index contributed by atoms with van der Waals surface area (Å²) in [5, 5.41) is 0. The van der Waals surface area contributed by atoms with Gasteiger partial charge in [-0.25, -0.2) is 0 Å². The van der Waals surface area contributed by atoms with Crippen molar-refractivity contribution in [3.8, 4) is 0 Å². The highest BCUT2D eigenvalue weighted by atomic mass is 16.6. The molecule has 0 bridgehead atoms. The number of carbonyl (C=O) groups is 3. The molecule has 0 saturated carbocycles. The number of hydrogen-bond acceptors (Lipinski definition) is 6. The molecule has 0 aliphatic heterocycles. The molecule has 0 heterocycles. The van der Waals surface area contributed by atoms with E-state index in [1.807, 2.05) is 0 Å². The Morgan fingerprint density at radius 3 is 0.840 bits per heavy atom. The van der Waals surface area contributed by atoms with Gasteiger partial charge in [0.05, 0.1) is 0 Å². The molecule has 0 aliphatic rings. The molecule has 460 valence electrons. The number of esters is 3.